The van der Waals surface area contributed by atoms with E-state index in [2.05, 4.69) is 20.9 Å². The normalized spacial score (nSPS) is 11.8. The number of ether oxygens (including phenoxy) is 2. The number of nitrogens with zero attached hydrogens (tertiary/aromatic N) is 1. The van der Waals surface area contributed by atoms with E-state index in [-0.39, 0.29) is 23.1 Å². The maximum Gasteiger partial charge on any atom is 0.490 e. The van der Waals surface area contributed by atoms with Crippen molar-refractivity contribution in [1.29, 1.82) is 0 Å². The van der Waals surface area contributed by atoms with Gasteiger partial charge in [0.25, 0.3) is 0 Å². The number of carboxylic acid groups (broad SMARTS) is 1. The number of benzene rings is 3. The highest BCUT2D eigenvalue weighted by Gasteiger charge is 2.38. The Bertz CT molecular complexity index is 1960. The van der Waals surface area contributed by atoms with Gasteiger partial charge in [0.2, 0.25) is 11.8 Å². The minimum Gasteiger partial charge on any atom is -0.493 e. The molecular formula is C32H34F3N5O8S. The first-order valence-electron chi connectivity index (χ1n) is 14.3. The molecule has 0 aliphatic heterocycles. The number of aromatic nitrogens is 1. The number of aliphatic carboxylic acids is 1. The van der Waals surface area contributed by atoms with Crippen LogP contribution in [-0.4, -0.2) is 62.4 Å². The van der Waals surface area contributed by atoms with Crippen LogP contribution in [0.15, 0.2) is 71.8 Å². The van der Waals surface area contributed by atoms with Gasteiger partial charge in [-0.1, -0.05) is 13.0 Å². The van der Waals surface area contributed by atoms with Crippen molar-refractivity contribution in [3.8, 4) is 11.5 Å². The topological polar surface area (TPSA) is 199 Å². The molecule has 262 valence electrons. The van der Waals surface area contributed by atoms with Gasteiger partial charge in [-0.05, 0) is 71.1 Å². The molecule has 1 atom stereocenters. The Hall–Kier alpha value is -5.58. The number of methoxy groups -OCH3 is 2. The highest BCUT2D eigenvalue weighted by Crippen LogP contribution is 2.32. The lowest BCUT2D eigenvalue weighted by Crippen LogP contribution is -2.33. The summed E-state index contributed by atoms with van der Waals surface area (Å²) in [4.78, 5) is 38.5. The van der Waals surface area contributed by atoms with E-state index in [1.165, 1.54) is 33.3 Å². The molecule has 0 radical (unpaired) electrons. The summed E-state index contributed by atoms with van der Waals surface area (Å²) in [6, 6.07) is 16.0. The molecule has 3 aromatic carbocycles. The van der Waals surface area contributed by atoms with Crippen molar-refractivity contribution >= 4 is 55.6 Å². The minimum atomic E-state index is -5.08. The summed E-state index contributed by atoms with van der Waals surface area (Å²) in [5, 5.41) is 17.5. The number of halogens is 3. The summed E-state index contributed by atoms with van der Waals surface area (Å²) in [5.41, 5.74) is 7.99. The third-order valence-corrected chi connectivity index (χ3v) is 8.73. The van der Waals surface area contributed by atoms with Crippen molar-refractivity contribution in [3.63, 3.8) is 0 Å². The van der Waals surface area contributed by atoms with Crippen LogP contribution < -0.4 is 31.2 Å². The number of hydrogen-bond donors (Lipinski definition) is 5. The van der Waals surface area contributed by atoms with Crippen molar-refractivity contribution in [1.82, 2.24) is 10.3 Å². The van der Waals surface area contributed by atoms with Crippen LogP contribution in [0.25, 0.3) is 10.8 Å². The summed E-state index contributed by atoms with van der Waals surface area (Å²) in [5.74, 6) is -2.28. The lowest BCUT2D eigenvalue weighted by molar-refractivity contribution is -0.192. The zero-order chi connectivity index (χ0) is 36.5. The van der Waals surface area contributed by atoms with Gasteiger partial charge in [-0.2, -0.15) is 13.2 Å². The van der Waals surface area contributed by atoms with E-state index in [9.17, 15) is 31.2 Å². The molecule has 49 heavy (non-hydrogen) atoms. The Balaban J connectivity index is 0.000000838. The molecule has 4 rings (SSSR count). The molecule has 0 saturated heterocycles. The van der Waals surface area contributed by atoms with Gasteiger partial charge >= 0.3 is 12.1 Å². The quantitative estimate of drug-likeness (QED) is 0.145. The molecule has 0 fully saturated rings. The van der Waals surface area contributed by atoms with E-state index in [1.54, 1.807) is 43.5 Å². The molecule has 0 unspecified atom stereocenters. The van der Waals surface area contributed by atoms with E-state index in [4.69, 9.17) is 25.1 Å². The van der Waals surface area contributed by atoms with Crippen LogP contribution in [0.1, 0.15) is 31.0 Å². The number of carbonyl (C=O) groups is 3. The Morgan fingerprint density at radius 1 is 0.959 bits per heavy atom. The SMILES string of the molecule is CCS(=O)(=O)c1ccc(NC(C)=O)cc1CNC(=O)[C@@H](Nc1ccc2c(N)nccc2c1)c1ccc(OC)c(OC)c1.O=C(O)C(F)(F)F. The molecule has 13 nitrogen and oxygen atoms in total. The van der Waals surface area contributed by atoms with Crippen LogP contribution in [0.4, 0.5) is 30.4 Å². The molecule has 17 heteroatoms. The average molecular weight is 706 g/mol. The van der Waals surface area contributed by atoms with Crippen LogP contribution in [-0.2, 0) is 30.8 Å². The zero-order valence-corrected chi connectivity index (χ0v) is 27.5. The lowest BCUT2D eigenvalue weighted by atomic mass is 10.0. The standard InChI is InChI=1S/C30H33N5O6S.C2HF3O2/c1-5-42(38,39)27-11-8-22(34-18(2)36)15-21(27)17-33-30(37)28(20-6-10-25(40-3)26(16-20)41-4)35-23-7-9-24-19(14-23)12-13-32-29(24)31;3-2(4,5)1(6)7/h6-16,28,35H,5,17H2,1-4H3,(H2,31,32)(H,33,37)(H,34,36);(H,6,7)/t28-;/m0./s1. The van der Waals surface area contributed by atoms with Gasteiger partial charge in [0.05, 0.1) is 24.9 Å². The Morgan fingerprint density at radius 3 is 2.20 bits per heavy atom. The highest BCUT2D eigenvalue weighted by atomic mass is 32.2. The summed E-state index contributed by atoms with van der Waals surface area (Å²) in [6.07, 6.45) is -3.48. The number of rotatable bonds is 11. The number of nitrogens with one attached hydrogen (secondary N) is 3. The molecular weight excluding hydrogens is 671 g/mol. The summed E-state index contributed by atoms with van der Waals surface area (Å²) >= 11 is 0. The molecule has 4 aromatic rings. The van der Waals surface area contributed by atoms with Gasteiger partial charge in [-0.15, -0.1) is 0 Å². The van der Waals surface area contributed by atoms with Gasteiger partial charge in [0.15, 0.2) is 21.3 Å². The number of alkyl halides is 3. The van der Waals surface area contributed by atoms with Crippen LogP contribution in [0.2, 0.25) is 0 Å². The number of hydrogen-bond acceptors (Lipinski definition) is 10. The van der Waals surface area contributed by atoms with Gasteiger partial charge in [0, 0.05) is 36.4 Å². The Kier molecular flexibility index (Phi) is 12.4. The number of anilines is 3. The summed E-state index contributed by atoms with van der Waals surface area (Å²) in [6.45, 7) is 2.80. The number of nitrogens with two attached hydrogens (primary N) is 1. The fourth-order valence-electron chi connectivity index (χ4n) is 4.53. The van der Waals surface area contributed by atoms with Crippen molar-refractivity contribution in [2.45, 2.75) is 37.5 Å². The number of carbonyl (C=O) groups excluding carboxylic acids is 2. The Morgan fingerprint density at radius 2 is 1.61 bits per heavy atom. The molecule has 0 bridgehead atoms. The number of carboxylic acids is 1. The first-order valence-corrected chi connectivity index (χ1v) is 16.0. The van der Waals surface area contributed by atoms with Crippen molar-refractivity contribution in [2.75, 3.05) is 36.3 Å². The lowest BCUT2D eigenvalue weighted by Gasteiger charge is -2.22. The van der Waals surface area contributed by atoms with Crippen LogP contribution in [0.3, 0.4) is 0 Å². The number of amides is 2. The second-order valence-corrected chi connectivity index (χ2v) is 12.5. The van der Waals surface area contributed by atoms with E-state index in [0.29, 0.717) is 39.8 Å². The van der Waals surface area contributed by atoms with E-state index >= 15 is 0 Å². The maximum absolute atomic E-state index is 13.8. The van der Waals surface area contributed by atoms with Gasteiger partial charge in [0.1, 0.15) is 11.9 Å². The molecule has 0 saturated carbocycles. The third-order valence-electron chi connectivity index (χ3n) is 6.90. The smallest absolute Gasteiger partial charge is 0.490 e. The van der Waals surface area contributed by atoms with Crippen LogP contribution in [0.5, 0.6) is 11.5 Å². The maximum atomic E-state index is 13.8. The van der Waals surface area contributed by atoms with Crippen molar-refractivity contribution in [2.24, 2.45) is 0 Å². The molecule has 0 aliphatic rings. The second-order valence-electron chi connectivity index (χ2n) is 10.3. The van der Waals surface area contributed by atoms with Gasteiger partial charge < -0.3 is 36.3 Å². The molecule has 2 amide bonds. The monoisotopic (exact) mass is 705 g/mol. The second kappa shape index (κ2) is 16.0. The van der Waals surface area contributed by atoms with Gasteiger partial charge in [-0.25, -0.2) is 18.2 Å². The largest absolute Gasteiger partial charge is 0.493 e. The zero-order valence-electron chi connectivity index (χ0n) is 26.7. The summed E-state index contributed by atoms with van der Waals surface area (Å²) < 4.78 is 68.2. The molecule has 6 N–H and O–H groups in total. The van der Waals surface area contributed by atoms with Crippen molar-refractivity contribution < 1.29 is 50.6 Å². The fourth-order valence-corrected chi connectivity index (χ4v) is 5.65. The fraction of sp³-hybridized carbons (Fsp3) is 0.250. The number of nitrogen functional groups attached to an aromatic ring is 1. The van der Waals surface area contributed by atoms with Crippen LogP contribution >= 0.6 is 0 Å². The predicted molar refractivity (Wildman–Crippen MR) is 176 cm³/mol. The van der Waals surface area contributed by atoms with Crippen LogP contribution in [0, 0.1) is 0 Å². The molecule has 1 aromatic heterocycles. The summed E-state index contributed by atoms with van der Waals surface area (Å²) in [7, 11) is -0.585. The predicted octanol–water partition coefficient (Wildman–Crippen LogP) is 4.69. The van der Waals surface area contributed by atoms with E-state index in [0.717, 1.165) is 10.8 Å². The molecule has 1 heterocycles. The minimum absolute atomic E-state index is 0.0794. The number of fused-ring (bicyclic) bond motifs is 1. The van der Waals surface area contributed by atoms with Gasteiger partial charge in [-0.3, -0.25) is 9.59 Å². The number of sulfone groups is 1. The number of pyridine rings is 1. The molecule has 0 aliphatic carbocycles. The highest BCUT2D eigenvalue weighted by molar-refractivity contribution is 7.91. The van der Waals surface area contributed by atoms with E-state index in [1.807, 2.05) is 18.2 Å². The van der Waals surface area contributed by atoms with Crippen molar-refractivity contribution in [3.05, 3.63) is 78.0 Å². The Labute approximate surface area is 279 Å². The molecule has 0 spiro atoms. The first-order chi connectivity index (χ1) is 23.0. The average Bonchev–Trinajstić information content (AvgIpc) is 3.05. The third kappa shape index (κ3) is 9.96. The van der Waals surface area contributed by atoms with E-state index < -0.39 is 33.9 Å². The first kappa shape index (κ1) is 37.9.